The molecule has 0 N–H and O–H groups in total. The SMILES string of the molecule is CCN(CCC#N)Cc1ccc(Cl)nn1. The number of halogens is 1. The highest BCUT2D eigenvalue weighted by Crippen LogP contribution is 2.05. The van der Waals surface area contributed by atoms with Gasteiger partial charge in [-0.15, -0.1) is 5.10 Å². The minimum atomic E-state index is 0.402. The monoisotopic (exact) mass is 224 g/mol. The third-order valence-corrected chi connectivity index (χ3v) is 2.26. The summed E-state index contributed by atoms with van der Waals surface area (Å²) in [5.41, 5.74) is 0.874. The lowest BCUT2D eigenvalue weighted by atomic mass is 10.3. The summed E-state index contributed by atoms with van der Waals surface area (Å²) in [7, 11) is 0. The first-order chi connectivity index (χ1) is 7.26. The van der Waals surface area contributed by atoms with Crippen LogP contribution in [-0.2, 0) is 6.54 Å². The third kappa shape index (κ3) is 4.24. The van der Waals surface area contributed by atoms with Crippen molar-refractivity contribution >= 4 is 11.6 Å². The molecule has 1 aromatic heterocycles. The van der Waals surface area contributed by atoms with E-state index in [4.69, 9.17) is 16.9 Å². The molecular weight excluding hydrogens is 212 g/mol. The first kappa shape index (κ1) is 11.9. The van der Waals surface area contributed by atoms with E-state index in [2.05, 4.69) is 28.1 Å². The van der Waals surface area contributed by atoms with E-state index in [0.717, 1.165) is 18.8 Å². The van der Waals surface area contributed by atoms with E-state index in [1.165, 1.54) is 0 Å². The molecule has 0 aliphatic carbocycles. The second-order valence-corrected chi connectivity index (χ2v) is 3.51. The summed E-state index contributed by atoms with van der Waals surface area (Å²) < 4.78 is 0. The van der Waals surface area contributed by atoms with Gasteiger partial charge in [-0.2, -0.15) is 10.4 Å². The second-order valence-electron chi connectivity index (χ2n) is 3.12. The largest absolute Gasteiger partial charge is 0.297 e. The minimum Gasteiger partial charge on any atom is -0.297 e. The maximum absolute atomic E-state index is 8.49. The van der Waals surface area contributed by atoms with Crippen LogP contribution in [0, 0.1) is 11.3 Å². The topological polar surface area (TPSA) is 52.8 Å². The van der Waals surface area contributed by atoms with Crippen molar-refractivity contribution < 1.29 is 0 Å². The van der Waals surface area contributed by atoms with Crippen LogP contribution >= 0.6 is 11.6 Å². The Hall–Kier alpha value is -1.18. The molecule has 0 aliphatic rings. The van der Waals surface area contributed by atoms with E-state index in [9.17, 15) is 0 Å². The Kier molecular flexibility index (Phi) is 5.02. The molecular formula is C10H13ClN4. The van der Waals surface area contributed by atoms with Gasteiger partial charge in [0.1, 0.15) is 0 Å². The molecule has 0 fully saturated rings. The molecule has 0 amide bonds. The van der Waals surface area contributed by atoms with Crippen LogP contribution in [0.15, 0.2) is 12.1 Å². The molecule has 1 heterocycles. The molecule has 0 unspecified atom stereocenters. The van der Waals surface area contributed by atoms with Crippen molar-refractivity contribution in [3.05, 3.63) is 23.0 Å². The van der Waals surface area contributed by atoms with Crippen molar-refractivity contribution in [2.45, 2.75) is 19.9 Å². The highest BCUT2D eigenvalue weighted by Gasteiger charge is 2.04. The Bertz CT molecular complexity index is 330. The predicted molar refractivity (Wildman–Crippen MR) is 58.2 cm³/mol. The highest BCUT2D eigenvalue weighted by atomic mass is 35.5. The summed E-state index contributed by atoms with van der Waals surface area (Å²) in [6, 6.07) is 5.70. The number of hydrogen-bond acceptors (Lipinski definition) is 4. The Morgan fingerprint density at radius 2 is 2.27 bits per heavy atom. The van der Waals surface area contributed by atoms with Crippen LogP contribution in [0.25, 0.3) is 0 Å². The van der Waals surface area contributed by atoms with Gasteiger partial charge in [-0.1, -0.05) is 18.5 Å². The van der Waals surface area contributed by atoms with E-state index >= 15 is 0 Å². The van der Waals surface area contributed by atoms with Crippen LogP contribution in [0.5, 0.6) is 0 Å². The van der Waals surface area contributed by atoms with Crippen molar-refractivity contribution in [2.75, 3.05) is 13.1 Å². The molecule has 0 saturated carbocycles. The average molecular weight is 225 g/mol. The van der Waals surface area contributed by atoms with Gasteiger partial charge in [-0.05, 0) is 18.7 Å². The lowest BCUT2D eigenvalue weighted by molar-refractivity contribution is 0.282. The summed E-state index contributed by atoms with van der Waals surface area (Å²) in [5, 5.41) is 16.6. The number of nitrogens with zero attached hydrogens (tertiary/aromatic N) is 4. The van der Waals surface area contributed by atoms with Crippen molar-refractivity contribution in [1.29, 1.82) is 5.26 Å². The normalized spacial score (nSPS) is 10.3. The van der Waals surface area contributed by atoms with Crippen LogP contribution in [0.2, 0.25) is 5.15 Å². The fourth-order valence-electron chi connectivity index (χ4n) is 1.21. The zero-order valence-electron chi connectivity index (χ0n) is 8.65. The van der Waals surface area contributed by atoms with Gasteiger partial charge in [0.2, 0.25) is 0 Å². The molecule has 0 aromatic carbocycles. The minimum absolute atomic E-state index is 0.402. The maximum atomic E-state index is 8.49. The van der Waals surface area contributed by atoms with E-state index < -0.39 is 0 Å². The Labute approximate surface area is 94.5 Å². The molecule has 0 spiro atoms. The highest BCUT2D eigenvalue weighted by molar-refractivity contribution is 6.29. The molecule has 5 heteroatoms. The maximum Gasteiger partial charge on any atom is 0.151 e. The lowest BCUT2D eigenvalue weighted by Gasteiger charge is -2.17. The van der Waals surface area contributed by atoms with Gasteiger partial charge in [0.25, 0.3) is 0 Å². The average Bonchev–Trinajstić information content (AvgIpc) is 2.27. The van der Waals surface area contributed by atoms with E-state index in [1.807, 2.05) is 6.07 Å². The number of hydrogen-bond donors (Lipinski definition) is 0. The first-order valence-electron chi connectivity index (χ1n) is 4.83. The smallest absolute Gasteiger partial charge is 0.151 e. The predicted octanol–water partition coefficient (Wildman–Crippen LogP) is 1.87. The molecule has 0 radical (unpaired) electrons. The number of nitriles is 1. The number of rotatable bonds is 5. The van der Waals surface area contributed by atoms with Crippen molar-refractivity contribution in [3.8, 4) is 6.07 Å². The van der Waals surface area contributed by atoms with Gasteiger partial charge in [-0.3, -0.25) is 4.90 Å². The van der Waals surface area contributed by atoms with Gasteiger partial charge >= 0.3 is 0 Å². The van der Waals surface area contributed by atoms with Gasteiger partial charge in [0, 0.05) is 19.5 Å². The Balaban J connectivity index is 2.51. The molecule has 0 bridgehead atoms. The summed E-state index contributed by atoms with van der Waals surface area (Å²) in [6.07, 6.45) is 0.537. The number of aromatic nitrogens is 2. The van der Waals surface area contributed by atoms with Crippen LogP contribution in [0.4, 0.5) is 0 Å². The van der Waals surface area contributed by atoms with Crippen LogP contribution in [0.3, 0.4) is 0 Å². The van der Waals surface area contributed by atoms with Gasteiger partial charge in [0.15, 0.2) is 5.15 Å². The van der Waals surface area contributed by atoms with Crippen LogP contribution < -0.4 is 0 Å². The van der Waals surface area contributed by atoms with Gasteiger partial charge in [-0.25, -0.2) is 0 Å². The molecule has 0 aliphatic heterocycles. The molecule has 1 rings (SSSR count). The van der Waals surface area contributed by atoms with Crippen LogP contribution in [0.1, 0.15) is 19.0 Å². The zero-order valence-corrected chi connectivity index (χ0v) is 9.41. The van der Waals surface area contributed by atoms with E-state index in [0.29, 0.717) is 18.1 Å². The third-order valence-electron chi connectivity index (χ3n) is 2.06. The summed E-state index contributed by atoms with van der Waals surface area (Å²) >= 11 is 5.64. The Morgan fingerprint density at radius 3 is 2.80 bits per heavy atom. The fourth-order valence-corrected chi connectivity index (χ4v) is 1.31. The molecule has 4 nitrogen and oxygen atoms in total. The second kappa shape index (κ2) is 6.33. The Morgan fingerprint density at radius 1 is 1.47 bits per heavy atom. The summed E-state index contributed by atoms with van der Waals surface area (Å²) in [6.45, 7) is 4.42. The molecule has 1 aromatic rings. The molecule has 80 valence electrons. The standard InChI is InChI=1S/C10H13ClN4/c1-2-15(7-3-6-12)8-9-4-5-10(11)14-13-9/h4-5H,2-3,7-8H2,1H3. The van der Waals surface area contributed by atoms with Crippen LogP contribution in [-0.4, -0.2) is 28.2 Å². The van der Waals surface area contributed by atoms with Crippen molar-refractivity contribution in [3.63, 3.8) is 0 Å². The van der Waals surface area contributed by atoms with E-state index in [-0.39, 0.29) is 0 Å². The quantitative estimate of drug-likeness (QED) is 0.766. The summed E-state index contributed by atoms with van der Waals surface area (Å²) in [5.74, 6) is 0. The summed E-state index contributed by atoms with van der Waals surface area (Å²) in [4.78, 5) is 2.14. The fraction of sp³-hybridized carbons (Fsp3) is 0.500. The first-order valence-corrected chi connectivity index (χ1v) is 5.21. The van der Waals surface area contributed by atoms with E-state index in [1.54, 1.807) is 6.07 Å². The molecule has 0 atom stereocenters. The van der Waals surface area contributed by atoms with Crippen molar-refractivity contribution in [2.24, 2.45) is 0 Å². The molecule has 15 heavy (non-hydrogen) atoms. The van der Waals surface area contributed by atoms with Gasteiger partial charge in [0.05, 0.1) is 11.8 Å². The lowest BCUT2D eigenvalue weighted by Crippen LogP contribution is -2.24. The van der Waals surface area contributed by atoms with Crippen molar-refractivity contribution in [1.82, 2.24) is 15.1 Å². The van der Waals surface area contributed by atoms with Gasteiger partial charge < -0.3 is 0 Å². The zero-order chi connectivity index (χ0) is 11.1. The molecule has 0 saturated heterocycles.